The molecule has 2 N–H and O–H groups in total. The van der Waals surface area contributed by atoms with Gasteiger partial charge in [0.25, 0.3) is 0 Å². The van der Waals surface area contributed by atoms with Gasteiger partial charge in [0.2, 0.25) is 0 Å². The van der Waals surface area contributed by atoms with Crippen molar-refractivity contribution in [2.45, 2.75) is 18.9 Å². The van der Waals surface area contributed by atoms with Crippen molar-refractivity contribution in [3.63, 3.8) is 0 Å². The fourth-order valence-corrected chi connectivity index (χ4v) is 3.89. The second-order valence-corrected chi connectivity index (χ2v) is 7.83. The molecule has 1 aliphatic rings. The van der Waals surface area contributed by atoms with Gasteiger partial charge in [-0.3, -0.25) is 0 Å². The minimum atomic E-state index is 0.248. The Bertz CT molecular complexity index is 577. The summed E-state index contributed by atoms with van der Waals surface area (Å²) in [5.41, 5.74) is 7.53. The van der Waals surface area contributed by atoms with Gasteiger partial charge in [-0.25, -0.2) is 0 Å². The zero-order valence-corrected chi connectivity index (χ0v) is 14.3. The number of benzene rings is 1. The standard InChI is InChI=1S/C14H13BrINS/c15-10-4-3-9(7-11(10)16)12-5-6-13(18-12)14(17)8-1-2-8/h3-8,14H,1-2,17H2. The van der Waals surface area contributed by atoms with Crippen LogP contribution >= 0.6 is 49.9 Å². The average molecular weight is 434 g/mol. The third-order valence-corrected chi connectivity index (χ3v) is 6.85. The lowest BCUT2D eigenvalue weighted by atomic mass is 10.1. The zero-order valence-electron chi connectivity index (χ0n) is 9.70. The summed E-state index contributed by atoms with van der Waals surface area (Å²) < 4.78 is 2.39. The van der Waals surface area contributed by atoms with Gasteiger partial charge in [0.05, 0.1) is 0 Å². The molecule has 18 heavy (non-hydrogen) atoms. The van der Waals surface area contributed by atoms with Crippen LogP contribution in [0.1, 0.15) is 23.8 Å². The fraction of sp³-hybridized carbons (Fsp3) is 0.286. The van der Waals surface area contributed by atoms with E-state index in [1.165, 1.54) is 31.7 Å². The van der Waals surface area contributed by atoms with Crippen molar-refractivity contribution >= 4 is 49.9 Å². The molecule has 0 saturated heterocycles. The number of nitrogens with two attached hydrogens (primary N) is 1. The molecular weight excluding hydrogens is 421 g/mol. The van der Waals surface area contributed by atoms with E-state index in [2.05, 4.69) is 68.9 Å². The summed E-state index contributed by atoms with van der Waals surface area (Å²) in [7, 11) is 0. The Labute approximate surface area is 133 Å². The average Bonchev–Trinajstić information content (AvgIpc) is 3.09. The van der Waals surface area contributed by atoms with Gasteiger partial charge in [-0.2, -0.15) is 0 Å². The first-order valence-corrected chi connectivity index (χ1v) is 8.65. The van der Waals surface area contributed by atoms with Crippen molar-refractivity contribution in [2.24, 2.45) is 11.7 Å². The maximum atomic E-state index is 6.25. The smallest absolute Gasteiger partial charge is 0.0418 e. The SMILES string of the molecule is NC(c1ccc(-c2ccc(Br)c(I)c2)s1)C1CC1. The molecule has 1 heterocycles. The van der Waals surface area contributed by atoms with Gasteiger partial charge in [-0.05, 0) is 87.1 Å². The van der Waals surface area contributed by atoms with Crippen LogP contribution in [0.3, 0.4) is 0 Å². The monoisotopic (exact) mass is 433 g/mol. The normalized spacial score (nSPS) is 16.8. The van der Waals surface area contributed by atoms with E-state index in [0.717, 1.165) is 10.4 Å². The number of hydrogen-bond acceptors (Lipinski definition) is 2. The minimum Gasteiger partial charge on any atom is -0.323 e. The Hall–Kier alpha value is 0.0900. The van der Waals surface area contributed by atoms with E-state index < -0.39 is 0 Å². The first-order valence-electron chi connectivity index (χ1n) is 5.96. The molecule has 3 rings (SSSR count). The van der Waals surface area contributed by atoms with E-state index in [-0.39, 0.29) is 6.04 Å². The Kier molecular flexibility index (Phi) is 3.80. The van der Waals surface area contributed by atoms with Crippen LogP contribution in [0.25, 0.3) is 10.4 Å². The van der Waals surface area contributed by atoms with E-state index in [0.29, 0.717) is 0 Å². The zero-order chi connectivity index (χ0) is 12.7. The summed E-state index contributed by atoms with van der Waals surface area (Å²) in [6.07, 6.45) is 2.59. The van der Waals surface area contributed by atoms with Crippen LogP contribution in [-0.2, 0) is 0 Å². The lowest BCUT2D eigenvalue weighted by Gasteiger charge is -2.06. The molecule has 1 aliphatic carbocycles. The molecule has 0 spiro atoms. The topological polar surface area (TPSA) is 26.0 Å². The second-order valence-electron chi connectivity index (χ2n) is 4.69. The third-order valence-electron chi connectivity index (χ3n) is 3.29. The highest BCUT2D eigenvalue weighted by atomic mass is 127. The molecule has 94 valence electrons. The van der Waals surface area contributed by atoms with Crippen molar-refractivity contribution in [3.8, 4) is 10.4 Å². The fourth-order valence-electron chi connectivity index (χ4n) is 2.02. The summed E-state index contributed by atoms with van der Waals surface area (Å²) in [5.74, 6) is 0.724. The molecule has 1 unspecified atom stereocenters. The second kappa shape index (κ2) is 5.23. The summed E-state index contributed by atoms with van der Waals surface area (Å²) in [5, 5.41) is 0. The Morgan fingerprint density at radius 3 is 2.72 bits per heavy atom. The molecule has 2 aromatic rings. The Balaban J connectivity index is 1.89. The summed E-state index contributed by atoms with van der Waals surface area (Å²) in [6.45, 7) is 0. The lowest BCUT2D eigenvalue weighted by molar-refractivity contribution is 0.645. The first kappa shape index (κ1) is 13.1. The Morgan fingerprint density at radius 1 is 1.28 bits per heavy atom. The Morgan fingerprint density at radius 2 is 2.06 bits per heavy atom. The summed E-state index contributed by atoms with van der Waals surface area (Å²) in [4.78, 5) is 2.64. The molecule has 1 aromatic carbocycles. The predicted molar refractivity (Wildman–Crippen MR) is 89.8 cm³/mol. The van der Waals surface area contributed by atoms with Crippen LogP contribution in [0.15, 0.2) is 34.8 Å². The highest BCUT2D eigenvalue weighted by Gasteiger charge is 2.30. The van der Waals surface area contributed by atoms with Crippen LogP contribution in [0.4, 0.5) is 0 Å². The van der Waals surface area contributed by atoms with Crippen LogP contribution < -0.4 is 5.73 Å². The highest BCUT2D eigenvalue weighted by molar-refractivity contribution is 14.1. The molecule has 0 aliphatic heterocycles. The van der Waals surface area contributed by atoms with E-state index >= 15 is 0 Å². The van der Waals surface area contributed by atoms with Crippen LogP contribution in [0.2, 0.25) is 0 Å². The van der Waals surface area contributed by atoms with Gasteiger partial charge >= 0.3 is 0 Å². The maximum absolute atomic E-state index is 6.25. The van der Waals surface area contributed by atoms with Crippen LogP contribution in [-0.4, -0.2) is 0 Å². The van der Waals surface area contributed by atoms with Crippen molar-refractivity contribution < 1.29 is 0 Å². The molecule has 0 bridgehead atoms. The maximum Gasteiger partial charge on any atom is 0.0418 e. The summed E-state index contributed by atoms with van der Waals surface area (Å²) in [6, 6.07) is 11.1. The number of rotatable bonds is 3. The first-order chi connectivity index (χ1) is 8.65. The van der Waals surface area contributed by atoms with E-state index in [4.69, 9.17) is 5.73 Å². The molecule has 1 saturated carbocycles. The molecule has 1 nitrogen and oxygen atoms in total. The largest absolute Gasteiger partial charge is 0.323 e. The predicted octanol–water partition coefficient (Wildman–Crippen LogP) is 5.19. The van der Waals surface area contributed by atoms with Gasteiger partial charge in [-0.15, -0.1) is 11.3 Å². The quantitative estimate of drug-likeness (QED) is 0.662. The molecule has 4 heteroatoms. The summed E-state index contributed by atoms with van der Waals surface area (Å²) >= 11 is 7.72. The van der Waals surface area contributed by atoms with E-state index in [1.54, 1.807) is 0 Å². The third kappa shape index (κ3) is 2.66. The van der Waals surface area contributed by atoms with E-state index in [9.17, 15) is 0 Å². The molecule has 0 radical (unpaired) electrons. The van der Waals surface area contributed by atoms with Crippen molar-refractivity contribution in [1.29, 1.82) is 0 Å². The minimum absolute atomic E-state index is 0.248. The molecule has 1 aromatic heterocycles. The van der Waals surface area contributed by atoms with Gasteiger partial charge in [0.1, 0.15) is 0 Å². The molecular formula is C14H13BrINS. The van der Waals surface area contributed by atoms with Crippen molar-refractivity contribution in [1.82, 2.24) is 0 Å². The van der Waals surface area contributed by atoms with Gasteiger partial charge in [0, 0.05) is 23.8 Å². The molecule has 1 atom stereocenters. The lowest BCUT2D eigenvalue weighted by Crippen LogP contribution is -2.10. The number of hydrogen-bond donors (Lipinski definition) is 1. The molecule has 0 amide bonds. The van der Waals surface area contributed by atoms with Crippen molar-refractivity contribution in [3.05, 3.63) is 43.3 Å². The van der Waals surface area contributed by atoms with Crippen molar-refractivity contribution in [2.75, 3.05) is 0 Å². The van der Waals surface area contributed by atoms with Gasteiger partial charge < -0.3 is 5.73 Å². The van der Waals surface area contributed by atoms with E-state index in [1.807, 2.05) is 11.3 Å². The molecule has 1 fully saturated rings. The van der Waals surface area contributed by atoms with Gasteiger partial charge in [0.15, 0.2) is 0 Å². The van der Waals surface area contributed by atoms with Crippen LogP contribution in [0, 0.1) is 9.49 Å². The van der Waals surface area contributed by atoms with Crippen LogP contribution in [0.5, 0.6) is 0 Å². The van der Waals surface area contributed by atoms with Gasteiger partial charge in [-0.1, -0.05) is 6.07 Å². The highest BCUT2D eigenvalue weighted by Crippen LogP contribution is 2.43. The number of thiophene rings is 1. The number of halogens is 2.